The number of para-hydroxylation sites is 1. The molecule has 0 amide bonds. The standard InChI is InChI=1S/C21H25NO3/c23-21(24)16-25-20-11-5-4-9-19(20)15-22-13-6-10-18(12-14-22)17-7-2-1-3-8-17/h1-5,7-9,11,18H,6,10,12-16H2,(H,23,24). The topological polar surface area (TPSA) is 49.8 Å². The van der Waals surface area contributed by atoms with E-state index in [-0.39, 0.29) is 6.61 Å². The third kappa shape index (κ3) is 5.07. The summed E-state index contributed by atoms with van der Waals surface area (Å²) < 4.78 is 5.44. The fraction of sp³-hybridized carbons (Fsp3) is 0.381. The number of hydrogen-bond donors (Lipinski definition) is 1. The summed E-state index contributed by atoms with van der Waals surface area (Å²) >= 11 is 0. The maximum Gasteiger partial charge on any atom is 0.341 e. The zero-order valence-corrected chi connectivity index (χ0v) is 14.4. The van der Waals surface area contributed by atoms with E-state index in [0.717, 1.165) is 31.6 Å². The Balaban J connectivity index is 1.61. The van der Waals surface area contributed by atoms with E-state index in [0.29, 0.717) is 11.7 Å². The van der Waals surface area contributed by atoms with Crippen molar-refractivity contribution in [2.45, 2.75) is 31.7 Å². The SMILES string of the molecule is O=C(O)COc1ccccc1CN1CCCC(c2ccccc2)CC1. The van der Waals surface area contributed by atoms with Gasteiger partial charge in [0, 0.05) is 12.1 Å². The molecule has 1 N–H and O–H groups in total. The lowest BCUT2D eigenvalue weighted by Crippen LogP contribution is -2.24. The zero-order valence-electron chi connectivity index (χ0n) is 14.4. The fourth-order valence-electron chi connectivity index (χ4n) is 3.53. The van der Waals surface area contributed by atoms with Crippen molar-refractivity contribution in [2.75, 3.05) is 19.7 Å². The van der Waals surface area contributed by atoms with Gasteiger partial charge in [0.2, 0.25) is 0 Å². The molecule has 0 bridgehead atoms. The maximum atomic E-state index is 10.8. The van der Waals surface area contributed by atoms with Gasteiger partial charge in [-0.1, -0.05) is 48.5 Å². The first kappa shape index (κ1) is 17.5. The summed E-state index contributed by atoms with van der Waals surface area (Å²) in [5.41, 5.74) is 2.50. The molecule has 2 aromatic rings. The van der Waals surface area contributed by atoms with Gasteiger partial charge >= 0.3 is 5.97 Å². The first-order valence-electron chi connectivity index (χ1n) is 8.92. The highest BCUT2D eigenvalue weighted by atomic mass is 16.5. The Morgan fingerprint density at radius 2 is 1.80 bits per heavy atom. The van der Waals surface area contributed by atoms with Crippen LogP contribution in [-0.4, -0.2) is 35.7 Å². The van der Waals surface area contributed by atoms with Crippen LogP contribution in [0.25, 0.3) is 0 Å². The number of ether oxygens (including phenoxy) is 1. The summed E-state index contributed by atoms with van der Waals surface area (Å²) in [4.78, 5) is 13.2. The van der Waals surface area contributed by atoms with E-state index in [1.807, 2.05) is 24.3 Å². The predicted octanol–water partition coefficient (Wildman–Crippen LogP) is 3.92. The van der Waals surface area contributed by atoms with Gasteiger partial charge in [-0.25, -0.2) is 4.79 Å². The highest BCUT2D eigenvalue weighted by Crippen LogP contribution is 2.29. The smallest absolute Gasteiger partial charge is 0.341 e. The first-order chi connectivity index (χ1) is 12.2. The number of aliphatic carboxylic acids is 1. The number of hydrogen-bond acceptors (Lipinski definition) is 3. The predicted molar refractivity (Wildman–Crippen MR) is 97.9 cm³/mol. The van der Waals surface area contributed by atoms with E-state index in [1.165, 1.54) is 18.4 Å². The Bertz CT molecular complexity index is 687. The van der Waals surface area contributed by atoms with Crippen LogP contribution in [0.15, 0.2) is 54.6 Å². The minimum Gasteiger partial charge on any atom is -0.482 e. The Hall–Kier alpha value is -2.33. The molecule has 1 saturated heterocycles. The Morgan fingerprint density at radius 1 is 1.04 bits per heavy atom. The van der Waals surface area contributed by atoms with Gasteiger partial charge in [0.15, 0.2) is 6.61 Å². The second-order valence-electron chi connectivity index (χ2n) is 6.60. The van der Waals surface area contributed by atoms with Gasteiger partial charge < -0.3 is 9.84 Å². The number of likely N-dealkylation sites (tertiary alicyclic amines) is 1. The number of carbonyl (C=O) groups is 1. The van der Waals surface area contributed by atoms with Crippen LogP contribution in [0.5, 0.6) is 5.75 Å². The Kier molecular flexibility index (Phi) is 6.07. The second-order valence-corrected chi connectivity index (χ2v) is 6.60. The van der Waals surface area contributed by atoms with Gasteiger partial charge in [0.25, 0.3) is 0 Å². The molecule has 1 unspecified atom stereocenters. The highest BCUT2D eigenvalue weighted by molar-refractivity contribution is 5.68. The van der Waals surface area contributed by atoms with Gasteiger partial charge in [-0.15, -0.1) is 0 Å². The van der Waals surface area contributed by atoms with Crippen LogP contribution in [0.4, 0.5) is 0 Å². The lowest BCUT2D eigenvalue weighted by atomic mass is 9.92. The van der Waals surface area contributed by atoms with Gasteiger partial charge in [-0.05, 0) is 49.9 Å². The summed E-state index contributed by atoms with van der Waals surface area (Å²) in [5.74, 6) is 0.355. The lowest BCUT2D eigenvalue weighted by molar-refractivity contribution is -0.139. The quantitative estimate of drug-likeness (QED) is 0.867. The van der Waals surface area contributed by atoms with Crippen molar-refractivity contribution in [3.05, 3.63) is 65.7 Å². The number of rotatable bonds is 6. The molecule has 1 aliphatic rings. The highest BCUT2D eigenvalue weighted by Gasteiger charge is 2.19. The monoisotopic (exact) mass is 339 g/mol. The molecule has 0 saturated carbocycles. The van der Waals surface area contributed by atoms with Crippen LogP contribution in [0.2, 0.25) is 0 Å². The van der Waals surface area contributed by atoms with Crippen LogP contribution in [-0.2, 0) is 11.3 Å². The number of benzene rings is 2. The third-order valence-corrected chi connectivity index (χ3v) is 4.81. The van der Waals surface area contributed by atoms with E-state index in [2.05, 4.69) is 35.2 Å². The van der Waals surface area contributed by atoms with E-state index >= 15 is 0 Å². The molecule has 4 heteroatoms. The lowest BCUT2D eigenvalue weighted by Gasteiger charge is -2.21. The minimum atomic E-state index is -0.949. The van der Waals surface area contributed by atoms with Gasteiger partial charge in [-0.3, -0.25) is 4.90 Å². The molecule has 25 heavy (non-hydrogen) atoms. The first-order valence-corrected chi connectivity index (χ1v) is 8.92. The van der Waals surface area contributed by atoms with Crippen molar-refractivity contribution in [1.29, 1.82) is 0 Å². The molecule has 4 nitrogen and oxygen atoms in total. The molecule has 0 aliphatic carbocycles. The van der Waals surface area contributed by atoms with Crippen molar-refractivity contribution in [2.24, 2.45) is 0 Å². The van der Waals surface area contributed by atoms with Gasteiger partial charge in [0.1, 0.15) is 5.75 Å². The van der Waals surface area contributed by atoms with E-state index in [9.17, 15) is 4.79 Å². The van der Waals surface area contributed by atoms with Crippen molar-refractivity contribution in [3.63, 3.8) is 0 Å². The van der Waals surface area contributed by atoms with Crippen LogP contribution in [0.1, 0.15) is 36.3 Å². The summed E-state index contributed by atoms with van der Waals surface area (Å²) in [6, 6.07) is 18.5. The second kappa shape index (κ2) is 8.67. The van der Waals surface area contributed by atoms with Crippen LogP contribution in [0.3, 0.4) is 0 Å². The molecule has 3 rings (SSSR count). The number of carboxylic acid groups (broad SMARTS) is 1. The molecule has 1 heterocycles. The van der Waals surface area contributed by atoms with Gasteiger partial charge in [-0.2, -0.15) is 0 Å². The van der Waals surface area contributed by atoms with Crippen LogP contribution in [0, 0.1) is 0 Å². The summed E-state index contributed by atoms with van der Waals surface area (Å²) in [6.07, 6.45) is 3.55. The molecular weight excluding hydrogens is 314 g/mol. The molecule has 0 radical (unpaired) electrons. The van der Waals surface area contributed by atoms with Gasteiger partial charge in [0.05, 0.1) is 0 Å². The Morgan fingerprint density at radius 3 is 2.60 bits per heavy atom. The largest absolute Gasteiger partial charge is 0.482 e. The average molecular weight is 339 g/mol. The fourth-order valence-corrected chi connectivity index (χ4v) is 3.53. The van der Waals surface area contributed by atoms with E-state index < -0.39 is 5.97 Å². The zero-order chi connectivity index (χ0) is 17.5. The molecule has 2 aromatic carbocycles. The maximum absolute atomic E-state index is 10.8. The molecule has 0 spiro atoms. The van der Waals surface area contributed by atoms with Crippen molar-refractivity contribution in [3.8, 4) is 5.75 Å². The molecule has 1 atom stereocenters. The van der Waals surface area contributed by atoms with E-state index in [4.69, 9.17) is 9.84 Å². The summed E-state index contributed by atoms with van der Waals surface area (Å²) in [5, 5.41) is 8.83. The van der Waals surface area contributed by atoms with Crippen molar-refractivity contribution < 1.29 is 14.6 Å². The third-order valence-electron chi connectivity index (χ3n) is 4.81. The van der Waals surface area contributed by atoms with Crippen molar-refractivity contribution >= 4 is 5.97 Å². The summed E-state index contributed by atoms with van der Waals surface area (Å²) in [6.45, 7) is 2.62. The van der Waals surface area contributed by atoms with Crippen LogP contribution >= 0.6 is 0 Å². The molecule has 0 aromatic heterocycles. The molecule has 132 valence electrons. The summed E-state index contributed by atoms with van der Waals surface area (Å²) in [7, 11) is 0. The van der Waals surface area contributed by atoms with Crippen molar-refractivity contribution in [1.82, 2.24) is 4.90 Å². The molecular formula is C21H25NO3. The number of nitrogens with zero attached hydrogens (tertiary/aromatic N) is 1. The molecule has 1 fully saturated rings. The Labute approximate surface area is 149 Å². The molecule has 1 aliphatic heterocycles. The van der Waals surface area contributed by atoms with Crippen LogP contribution < -0.4 is 4.74 Å². The normalized spacial score (nSPS) is 18.5. The minimum absolute atomic E-state index is 0.299. The van der Waals surface area contributed by atoms with E-state index in [1.54, 1.807) is 0 Å². The number of carboxylic acids is 1. The average Bonchev–Trinajstić information content (AvgIpc) is 2.87.